The van der Waals surface area contributed by atoms with Crippen LogP contribution in [0, 0.1) is 0 Å². The van der Waals surface area contributed by atoms with Crippen LogP contribution in [0.3, 0.4) is 0 Å². The third-order valence-corrected chi connectivity index (χ3v) is 1.38. The lowest BCUT2D eigenvalue weighted by Gasteiger charge is -1.96. The van der Waals surface area contributed by atoms with Gasteiger partial charge in [-0.1, -0.05) is 0 Å². The summed E-state index contributed by atoms with van der Waals surface area (Å²) in [6, 6.07) is 2.85. The van der Waals surface area contributed by atoms with Crippen LogP contribution >= 0.6 is 0 Å². The molecule has 0 aliphatic heterocycles. The number of primary amides is 1. The van der Waals surface area contributed by atoms with E-state index in [1.807, 2.05) is 0 Å². The predicted molar refractivity (Wildman–Crippen MR) is 46.0 cm³/mol. The van der Waals surface area contributed by atoms with Gasteiger partial charge in [0.2, 0.25) is 0 Å². The molecule has 0 radical (unpaired) electrons. The number of hydrogen-bond acceptors (Lipinski definition) is 2. The maximum Gasteiger partial charge on any atom is 0.338 e. The highest BCUT2D eigenvalue weighted by Crippen LogP contribution is 1.98. The van der Waals surface area contributed by atoms with Crippen molar-refractivity contribution in [3.8, 4) is 0 Å². The van der Waals surface area contributed by atoms with Crippen LogP contribution in [0.1, 0.15) is 12.5 Å². The van der Waals surface area contributed by atoms with Crippen molar-refractivity contribution in [2.75, 3.05) is 0 Å². The molecule has 0 bridgehead atoms. The van der Waals surface area contributed by atoms with E-state index in [1.54, 1.807) is 31.5 Å². The average molecular weight is 163 g/mol. The van der Waals surface area contributed by atoms with Crippen molar-refractivity contribution in [1.82, 2.24) is 4.98 Å². The SMILES string of the molecule is C/C(=N\C(N)=O)c1ccncc1. The highest BCUT2D eigenvalue weighted by molar-refractivity contribution is 6.04. The first-order valence-electron chi connectivity index (χ1n) is 3.45. The van der Waals surface area contributed by atoms with Crippen molar-refractivity contribution >= 4 is 11.7 Å². The van der Waals surface area contributed by atoms with Crippen molar-refractivity contribution < 1.29 is 4.79 Å². The molecular weight excluding hydrogens is 154 g/mol. The normalized spacial score (nSPS) is 11.2. The Bertz CT molecular complexity index is 305. The van der Waals surface area contributed by atoms with E-state index >= 15 is 0 Å². The monoisotopic (exact) mass is 163 g/mol. The number of carbonyl (C=O) groups excluding carboxylic acids is 1. The van der Waals surface area contributed by atoms with Gasteiger partial charge in [-0.25, -0.2) is 4.79 Å². The van der Waals surface area contributed by atoms with Gasteiger partial charge in [0.15, 0.2) is 0 Å². The molecule has 1 aromatic heterocycles. The summed E-state index contributed by atoms with van der Waals surface area (Å²) >= 11 is 0. The fourth-order valence-corrected chi connectivity index (χ4v) is 0.823. The minimum atomic E-state index is -0.677. The van der Waals surface area contributed by atoms with E-state index < -0.39 is 6.03 Å². The Hall–Kier alpha value is -1.71. The van der Waals surface area contributed by atoms with Crippen LogP contribution in [-0.2, 0) is 0 Å². The van der Waals surface area contributed by atoms with Gasteiger partial charge >= 0.3 is 6.03 Å². The third kappa shape index (κ3) is 2.16. The molecular formula is C8H9N3O. The van der Waals surface area contributed by atoms with Gasteiger partial charge in [0.05, 0.1) is 5.71 Å². The molecule has 2 amide bonds. The van der Waals surface area contributed by atoms with Crippen LogP contribution in [-0.4, -0.2) is 16.7 Å². The van der Waals surface area contributed by atoms with E-state index in [1.165, 1.54) is 0 Å². The minimum absolute atomic E-state index is 0.602. The molecule has 1 rings (SSSR count). The number of aliphatic imine (C=N–C) groups is 1. The number of urea groups is 1. The molecule has 4 heteroatoms. The van der Waals surface area contributed by atoms with Gasteiger partial charge in [0.25, 0.3) is 0 Å². The Balaban J connectivity index is 2.93. The number of amides is 2. The second-order valence-electron chi connectivity index (χ2n) is 2.27. The summed E-state index contributed by atoms with van der Waals surface area (Å²) in [4.78, 5) is 17.8. The first-order chi connectivity index (χ1) is 5.70. The van der Waals surface area contributed by atoms with Crippen molar-refractivity contribution in [3.63, 3.8) is 0 Å². The zero-order valence-corrected chi connectivity index (χ0v) is 6.69. The van der Waals surface area contributed by atoms with Crippen molar-refractivity contribution in [2.24, 2.45) is 10.7 Å². The molecule has 0 aromatic carbocycles. The number of aromatic nitrogens is 1. The number of pyridine rings is 1. The van der Waals surface area contributed by atoms with Crippen molar-refractivity contribution in [1.29, 1.82) is 0 Å². The summed E-state index contributed by atoms with van der Waals surface area (Å²) in [5, 5.41) is 0. The topological polar surface area (TPSA) is 68.3 Å². The minimum Gasteiger partial charge on any atom is -0.350 e. The molecule has 0 unspecified atom stereocenters. The third-order valence-electron chi connectivity index (χ3n) is 1.38. The molecule has 1 heterocycles. The van der Waals surface area contributed by atoms with Gasteiger partial charge in [-0.05, 0) is 24.6 Å². The molecule has 0 aliphatic carbocycles. The fraction of sp³-hybridized carbons (Fsp3) is 0.125. The average Bonchev–Trinajstić information content (AvgIpc) is 2.05. The maximum atomic E-state index is 10.4. The van der Waals surface area contributed by atoms with E-state index in [2.05, 4.69) is 9.98 Å². The molecule has 0 atom stereocenters. The first kappa shape index (κ1) is 8.39. The highest BCUT2D eigenvalue weighted by atomic mass is 16.2. The molecule has 2 N–H and O–H groups in total. The number of nitrogens with two attached hydrogens (primary N) is 1. The largest absolute Gasteiger partial charge is 0.350 e. The van der Waals surface area contributed by atoms with Crippen LogP contribution < -0.4 is 5.73 Å². The van der Waals surface area contributed by atoms with Crippen LogP contribution in [0.5, 0.6) is 0 Å². The molecule has 0 saturated heterocycles. The van der Waals surface area contributed by atoms with E-state index in [0.717, 1.165) is 5.56 Å². The molecule has 1 aromatic rings. The highest BCUT2D eigenvalue weighted by Gasteiger charge is 1.96. The van der Waals surface area contributed by atoms with Crippen LogP contribution in [0.4, 0.5) is 4.79 Å². The quantitative estimate of drug-likeness (QED) is 0.626. The second-order valence-corrected chi connectivity index (χ2v) is 2.27. The lowest BCUT2D eigenvalue weighted by molar-refractivity contribution is 0.256. The zero-order valence-electron chi connectivity index (χ0n) is 6.69. The number of carbonyl (C=O) groups is 1. The van der Waals surface area contributed by atoms with E-state index in [9.17, 15) is 4.79 Å². The van der Waals surface area contributed by atoms with Crippen LogP contribution in [0.2, 0.25) is 0 Å². The number of hydrogen-bond donors (Lipinski definition) is 1. The Morgan fingerprint density at radius 3 is 2.58 bits per heavy atom. The lowest BCUT2D eigenvalue weighted by Crippen LogP contribution is -2.08. The molecule has 0 fully saturated rings. The predicted octanol–water partition coefficient (Wildman–Crippen LogP) is 0.969. The van der Waals surface area contributed by atoms with Crippen LogP contribution in [0.15, 0.2) is 29.5 Å². The zero-order chi connectivity index (χ0) is 8.97. The lowest BCUT2D eigenvalue weighted by atomic mass is 10.2. The molecule has 0 saturated carbocycles. The van der Waals surface area contributed by atoms with Gasteiger partial charge in [-0.15, -0.1) is 0 Å². The summed E-state index contributed by atoms with van der Waals surface area (Å²) in [6.45, 7) is 1.72. The van der Waals surface area contributed by atoms with Crippen molar-refractivity contribution in [3.05, 3.63) is 30.1 Å². The summed E-state index contributed by atoms with van der Waals surface area (Å²) in [5.74, 6) is 0. The second kappa shape index (κ2) is 3.61. The summed E-state index contributed by atoms with van der Waals surface area (Å²) < 4.78 is 0. The van der Waals surface area contributed by atoms with Crippen LogP contribution in [0.25, 0.3) is 0 Å². The molecule has 62 valence electrons. The summed E-state index contributed by atoms with van der Waals surface area (Å²) in [5.41, 5.74) is 6.34. The Morgan fingerprint density at radius 1 is 1.50 bits per heavy atom. The first-order valence-corrected chi connectivity index (χ1v) is 3.45. The summed E-state index contributed by atoms with van der Waals surface area (Å²) in [6.07, 6.45) is 3.27. The standard InChI is InChI=1S/C8H9N3O/c1-6(11-8(9)12)7-2-4-10-5-3-7/h2-5H,1H3,(H2,9,12)/b11-6+. The fourth-order valence-electron chi connectivity index (χ4n) is 0.823. The summed E-state index contributed by atoms with van der Waals surface area (Å²) in [7, 11) is 0. The molecule has 0 spiro atoms. The number of nitrogens with zero attached hydrogens (tertiary/aromatic N) is 2. The Kier molecular flexibility index (Phi) is 2.53. The Morgan fingerprint density at radius 2 is 2.08 bits per heavy atom. The molecule has 0 aliphatic rings. The van der Waals surface area contributed by atoms with Gasteiger partial charge in [0.1, 0.15) is 0 Å². The van der Waals surface area contributed by atoms with Gasteiger partial charge in [-0.3, -0.25) is 4.98 Å². The molecule has 12 heavy (non-hydrogen) atoms. The molecule has 4 nitrogen and oxygen atoms in total. The van der Waals surface area contributed by atoms with Gasteiger partial charge in [0, 0.05) is 12.4 Å². The van der Waals surface area contributed by atoms with Gasteiger partial charge < -0.3 is 5.73 Å². The van der Waals surface area contributed by atoms with E-state index in [0.29, 0.717) is 5.71 Å². The van der Waals surface area contributed by atoms with E-state index in [4.69, 9.17) is 5.73 Å². The number of rotatable bonds is 1. The Labute approximate surface area is 70.1 Å². The van der Waals surface area contributed by atoms with Gasteiger partial charge in [-0.2, -0.15) is 4.99 Å². The van der Waals surface area contributed by atoms with E-state index in [-0.39, 0.29) is 0 Å². The van der Waals surface area contributed by atoms with Crippen molar-refractivity contribution in [2.45, 2.75) is 6.92 Å². The maximum absolute atomic E-state index is 10.4. The smallest absolute Gasteiger partial charge is 0.338 e.